The van der Waals surface area contributed by atoms with Crippen LogP contribution in [0, 0.1) is 6.92 Å². The maximum atomic E-state index is 13.2. The van der Waals surface area contributed by atoms with Crippen molar-refractivity contribution in [3.63, 3.8) is 0 Å². The number of nitrogens with one attached hydrogen (secondary N) is 1. The van der Waals surface area contributed by atoms with Crippen LogP contribution in [0.2, 0.25) is 5.02 Å². The van der Waals surface area contributed by atoms with E-state index in [2.05, 4.69) is 4.98 Å². The molecule has 0 unspecified atom stereocenters. The van der Waals surface area contributed by atoms with E-state index in [0.717, 1.165) is 22.2 Å². The molecule has 1 N–H and O–H groups in total. The van der Waals surface area contributed by atoms with Gasteiger partial charge in [-0.15, -0.1) is 0 Å². The molecule has 0 atom stereocenters. The molecule has 0 amide bonds. The van der Waals surface area contributed by atoms with Gasteiger partial charge in [0, 0.05) is 41.1 Å². The van der Waals surface area contributed by atoms with Crippen LogP contribution in [-0.2, 0) is 23.0 Å². The van der Waals surface area contributed by atoms with Gasteiger partial charge in [0.1, 0.15) is 5.75 Å². The maximum Gasteiger partial charge on any atom is 0.243 e. The normalized spacial score (nSPS) is 15.2. The minimum atomic E-state index is -3.59. The Morgan fingerprint density at radius 1 is 1.19 bits per heavy atom. The SMILES string of the molecule is COc1ccc(S(=O)(=O)N2CCc3[nH]c4ccc(Cl)cc4c3C2)c(C)c1. The average molecular weight is 391 g/mol. The van der Waals surface area contributed by atoms with Crippen molar-refractivity contribution in [1.82, 2.24) is 9.29 Å². The Morgan fingerprint density at radius 2 is 2.00 bits per heavy atom. The molecule has 0 saturated heterocycles. The number of hydrogen-bond donors (Lipinski definition) is 1. The van der Waals surface area contributed by atoms with E-state index in [9.17, 15) is 8.42 Å². The first-order chi connectivity index (χ1) is 12.4. The summed E-state index contributed by atoms with van der Waals surface area (Å²) in [5.41, 5.74) is 3.75. The number of nitrogens with zero attached hydrogens (tertiary/aromatic N) is 1. The lowest BCUT2D eigenvalue weighted by molar-refractivity contribution is 0.390. The van der Waals surface area contributed by atoms with Gasteiger partial charge >= 0.3 is 0 Å². The largest absolute Gasteiger partial charge is 0.497 e. The van der Waals surface area contributed by atoms with Crippen LogP contribution >= 0.6 is 11.6 Å². The highest BCUT2D eigenvalue weighted by Crippen LogP contribution is 2.33. The highest BCUT2D eigenvalue weighted by atomic mass is 35.5. The Morgan fingerprint density at radius 3 is 2.73 bits per heavy atom. The number of methoxy groups -OCH3 is 1. The molecule has 3 aromatic rings. The Bertz CT molecular complexity index is 1110. The molecule has 2 heterocycles. The fourth-order valence-corrected chi connectivity index (χ4v) is 5.33. The molecule has 1 aliphatic heterocycles. The van der Waals surface area contributed by atoms with Gasteiger partial charge in [-0.3, -0.25) is 0 Å². The van der Waals surface area contributed by atoms with Gasteiger partial charge in [-0.1, -0.05) is 11.6 Å². The van der Waals surface area contributed by atoms with Gasteiger partial charge in [0.05, 0.1) is 12.0 Å². The summed E-state index contributed by atoms with van der Waals surface area (Å²) >= 11 is 6.13. The first-order valence-electron chi connectivity index (χ1n) is 8.34. The van der Waals surface area contributed by atoms with Crippen molar-refractivity contribution in [3.8, 4) is 5.75 Å². The molecule has 0 fully saturated rings. The molecule has 136 valence electrons. The van der Waals surface area contributed by atoms with Crippen molar-refractivity contribution in [2.75, 3.05) is 13.7 Å². The number of hydrogen-bond acceptors (Lipinski definition) is 3. The van der Waals surface area contributed by atoms with Crippen LogP contribution in [0.15, 0.2) is 41.3 Å². The van der Waals surface area contributed by atoms with E-state index in [1.54, 1.807) is 36.5 Å². The van der Waals surface area contributed by atoms with Crippen LogP contribution in [0.3, 0.4) is 0 Å². The van der Waals surface area contributed by atoms with Gasteiger partial charge in [0.15, 0.2) is 0 Å². The highest BCUT2D eigenvalue weighted by Gasteiger charge is 2.31. The maximum absolute atomic E-state index is 13.2. The summed E-state index contributed by atoms with van der Waals surface area (Å²) in [4.78, 5) is 3.70. The topological polar surface area (TPSA) is 62.4 Å². The van der Waals surface area contributed by atoms with Crippen LogP contribution in [-0.4, -0.2) is 31.4 Å². The second kappa shape index (κ2) is 6.30. The highest BCUT2D eigenvalue weighted by molar-refractivity contribution is 7.89. The standard InChI is InChI=1S/C19H19ClN2O3S/c1-12-9-14(25-2)4-6-19(12)26(23,24)22-8-7-18-16(11-22)15-10-13(20)3-5-17(15)21-18/h3-6,9-10,21H,7-8,11H2,1-2H3. The van der Waals surface area contributed by atoms with Crippen molar-refractivity contribution < 1.29 is 13.2 Å². The molecule has 0 bridgehead atoms. The Hall–Kier alpha value is -2.02. The summed E-state index contributed by atoms with van der Waals surface area (Å²) < 4.78 is 33.1. The van der Waals surface area contributed by atoms with Gasteiger partial charge in [0.25, 0.3) is 0 Å². The predicted octanol–water partition coefficient (Wildman–Crippen LogP) is 3.89. The third-order valence-corrected chi connectivity index (χ3v) is 7.14. The number of rotatable bonds is 3. The monoisotopic (exact) mass is 390 g/mol. The summed E-state index contributed by atoms with van der Waals surface area (Å²) in [6.07, 6.45) is 0.649. The Kier molecular flexibility index (Phi) is 4.22. The minimum absolute atomic E-state index is 0.319. The number of aryl methyl sites for hydroxylation is 1. The van der Waals surface area contributed by atoms with Crippen molar-refractivity contribution in [3.05, 3.63) is 58.2 Å². The average Bonchev–Trinajstić information content (AvgIpc) is 2.98. The third kappa shape index (κ3) is 2.78. The zero-order chi connectivity index (χ0) is 18.5. The Labute approximate surface area is 157 Å². The van der Waals surface area contributed by atoms with E-state index in [4.69, 9.17) is 16.3 Å². The second-order valence-electron chi connectivity index (χ2n) is 6.49. The second-order valence-corrected chi connectivity index (χ2v) is 8.83. The van der Waals surface area contributed by atoms with E-state index in [1.807, 2.05) is 18.2 Å². The predicted molar refractivity (Wildman–Crippen MR) is 102 cm³/mol. The van der Waals surface area contributed by atoms with Gasteiger partial charge in [-0.2, -0.15) is 4.31 Å². The van der Waals surface area contributed by atoms with Crippen LogP contribution in [0.4, 0.5) is 0 Å². The number of aromatic amines is 1. The molecule has 1 aliphatic rings. The summed E-state index contributed by atoms with van der Waals surface area (Å²) in [6, 6.07) is 10.7. The van der Waals surface area contributed by atoms with Gasteiger partial charge in [-0.05, 0) is 54.4 Å². The summed E-state index contributed by atoms with van der Waals surface area (Å²) in [6.45, 7) is 2.57. The van der Waals surface area contributed by atoms with Crippen molar-refractivity contribution >= 4 is 32.5 Å². The van der Waals surface area contributed by atoms with Crippen LogP contribution in [0.1, 0.15) is 16.8 Å². The fraction of sp³-hybridized carbons (Fsp3) is 0.263. The Balaban J connectivity index is 1.74. The summed E-state index contributed by atoms with van der Waals surface area (Å²) in [7, 11) is -2.02. The van der Waals surface area contributed by atoms with Gasteiger partial charge < -0.3 is 9.72 Å². The molecule has 26 heavy (non-hydrogen) atoms. The van der Waals surface area contributed by atoms with E-state index < -0.39 is 10.0 Å². The van der Waals surface area contributed by atoms with Crippen LogP contribution in [0.25, 0.3) is 10.9 Å². The van der Waals surface area contributed by atoms with Crippen LogP contribution < -0.4 is 4.74 Å². The molecule has 0 saturated carbocycles. The fourth-order valence-electron chi connectivity index (χ4n) is 3.54. The molecule has 7 heteroatoms. The lowest BCUT2D eigenvalue weighted by atomic mass is 10.1. The summed E-state index contributed by atoms with van der Waals surface area (Å²) in [5.74, 6) is 0.647. The van der Waals surface area contributed by atoms with E-state index in [-0.39, 0.29) is 0 Å². The molecular formula is C19H19ClN2O3S. The number of halogens is 1. The number of sulfonamides is 1. The molecule has 0 aliphatic carbocycles. The van der Waals surface area contributed by atoms with Crippen molar-refractivity contribution in [2.45, 2.75) is 24.8 Å². The van der Waals surface area contributed by atoms with Crippen molar-refractivity contribution in [2.24, 2.45) is 0 Å². The number of fused-ring (bicyclic) bond motifs is 3. The first-order valence-corrected chi connectivity index (χ1v) is 10.2. The quantitative estimate of drug-likeness (QED) is 0.738. The van der Waals surface area contributed by atoms with Crippen LogP contribution in [0.5, 0.6) is 5.75 Å². The molecule has 0 spiro atoms. The van der Waals surface area contributed by atoms with Gasteiger partial charge in [0.2, 0.25) is 10.0 Å². The van der Waals surface area contributed by atoms with E-state index >= 15 is 0 Å². The molecule has 5 nitrogen and oxygen atoms in total. The number of aromatic nitrogens is 1. The zero-order valence-corrected chi connectivity index (χ0v) is 16.1. The third-order valence-electron chi connectivity index (χ3n) is 4.90. The minimum Gasteiger partial charge on any atom is -0.497 e. The molecule has 0 radical (unpaired) electrons. The smallest absolute Gasteiger partial charge is 0.243 e. The zero-order valence-electron chi connectivity index (χ0n) is 14.5. The van der Waals surface area contributed by atoms with E-state index in [1.165, 1.54) is 0 Å². The van der Waals surface area contributed by atoms with E-state index in [0.29, 0.717) is 40.7 Å². The molecule has 1 aromatic heterocycles. The molecule has 4 rings (SSSR count). The summed E-state index contributed by atoms with van der Waals surface area (Å²) in [5, 5.41) is 1.63. The lowest BCUT2D eigenvalue weighted by Gasteiger charge is -2.27. The lowest BCUT2D eigenvalue weighted by Crippen LogP contribution is -2.36. The number of H-pyrrole nitrogens is 1. The molecule has 2 aromatic carbocycles. The first kappa shape index (κ1) is 17.4. The van der Waals surface area contributed by atoms with Gasteiger partial charge in [-0.25, -0.2) is 8.42 Å². The number of benzene rings is 2. The number of ether oxygens (including phenoxy) is 1. The molecular weight excluding hydrogens is 372 g/mol. The van der Waals surface area contributed by atoms with Crippen molar-refractivity contribution in [1.29, 1.82) is 0 Å².